The number of carboxylic acid groups (broad SMARTS) is 1. The Morgan fingerprint density at radius 1 is 1.30 bits per heavy atom. The van der Waals surface area contributed by atoms with Crippen LogP contribution in [0.3, 0.4) is 0 Å². The van der Waals surface area contributed by atoms with E-state index in [9.17, 15) is 4.79 Å². The third-order valence-corrected chi connectivity index (χ3v) is 5.10. The van der Waals surface area contributed by atoms with Crippen LogP contribution in [0, 0.1) is 0 Å². The minimum absolute atomic E-state index is 0.357. The Morgan fingerprint density at radius 2 is 2.20 bits per heavy atom. The van der Waals surface area contributed by atoms with Crippen molar-refractivity contribution in [3.05, 3.63) is 39.4 Å². The van der Waals surface area contributed by atoms with E-state index in [0.717, 1.165) is 10.4 Å². The van der Waals surface area contributed by atoms with E-state index in [4.69, 9.17) is 9.52 Å². The van der Waals surface area contributed by atoms with Crippen LogP contribution in [0.2, 0.25) is 0 Å². The number of aromatic nitrogens is 2. The van der Waals surface area contributed by atoms with Crippen molar-refractivity contribution in [3.8, 4) is 10.8 Å². The molecular formula is C12H8N2O3S3. The summed E-state index contributed by atoms with van der Waals surface area (Å²) in [5, 5.41) is 21.1. The highest BCUT2D eigenvalue weighted by atomic mass is 32.2. The molecular weight excluding hydrogens is 316 g/mol. The standard InChI is InChI=1S/C12H8N2O3S3/c15-11(16)9-7(3-5-19-9)6-20-12-14-13-10(17-12)8-2-1-4-18-8/h1-5H,6H2,(H,15,16). The van der Waals surface area contributed by atoms with Crippen LogP contribution in [-0.4, -0.2) is 21.3 Å². The Balaban J connectivity index is 1.70. The minimum Gasteiger partial charge on any atom is -0.477 e. The van der Waals surface area contributed by atoms with Gasteiger partial charge < -0.3 is 9.52 Å². The summed E-state index contributed by atoms with van der Waals surface area (Å²) >= 11 is 4.08. The molecule has 0 aliphatic carbocycles. The number of aromatic carboxylic acids is 1. The van der Waals surface area contributed by atoms with Crippen LogP contribution in [0.1, 0.15) is 15.2 Å². The van der Waals surface area contributed by atoms with Gasteiger partial charge in [0.2, 0.25) is 0 Å². The van der Waals surface area contributed by atoms with E-state index in [1.807, 2.05) is 17.5 Å². The summed E-state index contributed by atoms with van der Waals surface area (Å²) < 4.78 is 5.53. The summed E-state index contributed by atoms with van der Waals surface area (Å²) in [5.41, 5.74) is 0.767. The maximum Gasteiger partial charge on any atom is 0.346 e. The van der Waals surface area contributed by atoms with Crippen molar-refractivity contribution in [1.29, 1.82) is 0 Å². The molecule has 0 saturated heterocycles. The van der Waals surface area contributed by atoms with E-state index in [-0.39, 0.29) is 0 Å². The average molecular weight is 324 g/mol. The summed E-state index contributed by atoms with van der Waals surface area (Å²) in [4.78, 5) is 12.3. The van der Waals surface area contributed by atoms with Crippen molar-refractivity contribution in [1.82, 2.24) is 10.2 Å². The SMILES string of the molecule is O=C(O)c1sccc1CSc1nnc(-c2cccs2)o1. The van der Waals surface area contributed by atoms with Crippen LogP contribution in [0.15, 0.2) is 38.6 Å². The van der Waals surface area contributed by atoms with Gasteiger partial charge in [-0.3, -0.25) is 0 Å². The van der Waals surface area contributed by atoms with Crippen LogP contribution in [-0.2, 0) is 5.75 Å². The van der Waals surface area contributed by atoms with Gasteiger partial charge in [-0.05, 0) is 28.5 Å². The summed E-state index contributed by atoms with van der Waals surface area (Å²) in [5.74, 6) is 0.0867. The highest BCUT2D eigenvalue weighted by Gasteiger charge is 2.14. The molecule has 0 aliphatic rings. The second-order valence-corrected chi connectivity index (χ2v) is 6.51. The number of thiophene rings is 2. The molecule has 8 heteroatoms. The molecule has 0 fully saturated rings. The summed E-state index contributed by atoms with van der Waals surface area (Å²) in [6.45, 7) is 0. The van der Waals surface area contributed by atoms with Gasteiger partial charge in [0, 0.05) is 5.75 Å². The number of hydrogen-bond donors (Lipinski definition) is 1. The van der Waals surface area contributed by atoms with E-state index >= 15 is 0 Å². The molecule has 0 atom stereocenters. The number of hydrogen-bond acceptors (Lipinski definition) is 7. The van der Waals surface area contributed by atoms with Crippen molar-refractivity contribution < 1.29 is 14.3 Å². The molecule has 5 nitrogen and oxygen atoms in total. The smallest absolute Gasteiger partial charge is 0.346 e. The molecule has 0 saturated carbocycles. The van der Waals surface area contributed by atoms with Gasteiger partial charge in [0.15, 0.2) is 0 Å². The minimum atomic E-state index is -0.902. The topological polar surface area (TPSA) is 76.2 Å². The molecule has 0 amide bonds. The van der Waals surface area contributed by atoms with Gasteiger partial charge in [0.25, 0.3) is 11.1 Å². The zero-order valence-corrected chi connectivity index (χ0v) is 12.4. The number of nitrogens with zero attached hydrogens (tertiary/aromatic N) is 2. The van der Waals surface area contributed by atoms with E-state index < -0.39 is 5.97 Å². The van der Waals surface area contributed by atoms with Crippen molar-refractivity contribution in [2.24, 2.45) is 0 Å². The van der Waals surface area contributed by atoms with Gasteiger partial charge in [-0.1, -0.05) is 17.8 Å². The molecule has 3 aromatic rings. The molecule has 0 radical (unpaired) electrons. The predicted octanol–water partition coefficient (Wildman–Crippen LogP) is 3.85. The lowest BCUT2D eigenvalue weighted by Gasteiger charge is -1.96. The van der Waals surface area contributed by atoms with Gasteiger partial charge in [0.05, 0.1) is 4.88 Å². The second-order valence-electron chi connectivity index (χ2n) is 3.72. The molecule has 3 aromatic heterocycles. The fourth-order valence-corrected chi connectivity index (χ4v) is 3.80. The highest BCUT2D eigenvalue weighted by Crippen LogP contribution is 2.29. The lowest BCUT2D eigenvalue weighted by Crippen LogP contribution is -1.96. The Morgan fingerprint density at radius 3 is 2.95 bits per heavy atom. The zero-order valence-electron chi connectivity index (χ0n) is 9.98. The van der Waals surface area contributed by atoms with E-state index in [1.165, 1.54) is 34.4 Å². The van der Waals surface area contributed by atoms with Crippen molar-refractivity contribution in [3.63, 3.8) is 0 Å². The molecule has 0 spiro atoms. The van der Waals surface area contributed by atoms with Gasteiger partial charge in [0.1, 0.15) is 4.88 Å². The maximum absolute atomic E-state index is 11.0. The third-order valence-electron chi connectivity index (χ3n) is 2.43. The molecule has 0 aliphatic heterocycles. The third kappa shape index (κ3) is 2.77. The fraction of sp³-hybridized carbons (Fsp3) is 0.0833. The number of rotatable bonds is 5. The Kier molecular flexibility index (Phi) is 3.86. The quantitative estimate of drug-likeness (QED) is 0.718. The van der Waals surface area contributed by atoms with Crippen LogP contribution in [0.25, 0.3) is 10.8 Å². The second kappa shape index (κ2) is 5.78. The molecule has 3 heterocycles. The van der Waals surface area contributed by atoms with Crippen LogP contribution >= 0.6 is 34.4 Å². The molecule has 3 rings (SSSR count). The summed E-state index contributed by atoms with van der Waals surface area (Å²) in [6.07, 6.45) is 0. The Bertz CT molecular complexity index is 718. The Labute approximate surface area is 126 Å². The normalized spacial score (nSPS) is 10.8. The largest absolute Gasteiger partial charge is 0.477 e. The molecule has 102 valence electrons. The number of carbonyl (C=O) groups is 1. The first kappa shape index (κ1) is 13.3. The van der Waals surface area contributed by atoms with Gasteiger partial charge in [-0.25, -0.2) is 4.79 Å². The van der Waals surface area contributed by atoms with Crippen molar-refractivity contribution in [2.45, 2.75) is 11.0 Å². The highest BCUT2D eigenvalue weighted by molar-refractivity contribution is 7.98. The van der Waals surface area contributed by atoms with Crippen molar-refractivity contribution >= 4 is 40.4 Å². The summed E-state index contributed by atoms with van der Waals surface area (Å²) in [7, 11) is 0. The van der Waals surface area contributed by atoms with E-state index in [0.29, 0.717) is 21.7 Å². The lowest BCUT2D eigenvalue weighted by atomic mass is 10.3. The van der Waals surface area contributed by atoms with Gasteiger partial charge in [-0.2, -0.15) is 0 Å². The predicted molar refractivity (Wildman–Crippen MR) is 78.5 cm³/mol. The first-order chi connectivity index (χ1) is 9.74. The molecule has 0 bridgehead atoms. The summed E-state index contributed by atoms with van der Waals surface area (Å²) in [6, 6.07) is 5.63. The van der Waals surface area contributed by atoms with Gasteiger partial charge >= 0.3 is 5.97 Å². The Hall–Kier alpha value is -1.64. The molecule has 20 heavy (non-hydrogen) atoms. The van der Waals surface area contributed by atoms with Crippen LogP contribution < -0.4 is 0 Å². The molecule has 0 aromatic carbocycles. The monoisotopic (exact) mass is 324 g/mol. The lowest BCUT2D eigenvalue weighted by molar-refractivity contribution is 0.0701. The fourth-order valence-electron chi connectivity index (χ4n) is 1.54. The molecule has 1 N–H and O–H groups in total. The zero-order chi connectivity index (χ0) is 13.9. The van der Waals surface area contributed by atoms with Crippen molar-refractivity contribution in [2.75, 3.05) is 0 Å². The maximum atomic E-state index is 11.0. The van der Waals surface area contributed by atoms with Crippen LogP contribution in [0.4, 0.5) is 0 Å². The van der Waals surface area contributed by atoms with Crippen LogP contribution in [0.5, 0.6) is 0 Å². The van der Waals surface area contributed by atoms with E-state index in [2.05, 4.69) is 10.2 Å². The molecule has 0 unspecified atom stereocenters. The number of thioether (sulfide) groups is 1. The average Bonchev–Trinajstić information content (AvgIpc) is 3.16. The van der Waals surface area contributed by atoms with E-state index in [1.54, 1.807) is 11.4 Å². The first-order valence-corrected chi connectivity index (χ1v) is 8.28. The van der Waals surface area contributed by atoms with Gasteiger partial charge in [-0.15, -0.1) is 32.9 Å². The first-order valence-electron chi connectivity index (χ1n) is 5.54. The number of carboxylic acids is 1.